The van der Waals surface area contributed by atoms with Crippen LogP contribution in [0.4, 0.5) is 0 Å². The lowest BCUT2D eigenvalue weighted by atomic mass is 9.81. The minimum Gasteiger partial charge on any atom is -0.381 e. The van der Waals surface area contributed by atoms with Crippen LogP contribution in [0.3, 0.4) is 0 Å². The van der Waals surface area contributed by atoms with Gasteiger partial charge >= 0.3 is 0 Å². The summed E-state index contributed by atoms with van der Waals surface area (Å²) in [6.07, 6.45) is 6.23. The molecular formula is C23H31N3O3. The average molecular weight is 398 g/mol. The fraction of sp³-hybridized carbons (Fsp3) is 0.609. The van der Waals surface area contributed by atoms with E-state index in [2.05, 4.69) is 24.2 Å². The first-order chi connectivity index (χ1) is 14.1. The summed E-state index contributed by atoms with van der Waals surface area (Å²) in [6, 6.07) is 10.4. The Morgan fingerprint density at radius 3 is 2.83 bits per heavy atom. The van der Waals surface area contributed by atoms with Crippen LogP contribution in [0.2, 0.25) is 0 Å². The number of aromatic nitrogens is 2. The molecule has 1 amide bonds. The van der Waals surface area contributed by atoms with E-state index < -0.39 is 0 Å². The van der Waals surface area contributed by atoms with Crippen LogP contribution in [-0.4, -0.2) is 47.3 Å². The van der Waals surface area contributed by atoms with Crippen molar-refractivity contribution in [3.8, 4) is 0 Å². The minimum atomic E-state index is -0.236. The molecule has 4 rings (SSSR count). The van der Waals surface area contributed by atoms with Crippen molar-refractivity contribution < 1.29 is 14.1 Å². The van der Waals surface area contributed by atoms with E-state index in [1.165, 1.54) is 5.56 Å². The Morgan fingerprint density at radius 2 is 2.03 bits per heavy atom. The van der Waals surface area contributed by atoms with Crippen LogP contribution >= 0.6 is 0 Å². The number of carbonyl (C=O) groups excluding carboxylic acids is 1. The molecule has 2 saturated heterocycles. The number of aryl methyl sites for hydroxylation is 1. The highest BCUT2D eigenvalue weighted by atomic mass is 16.5. The molecule has 2 aromatic rings. The van der Waals surface area contributed by atoms with Crippen molar-refractivity contribution in [2.24, 2.45) is 0 Å². The summed E-state index contributed by atoms with van der Waals surface area (Å²) in [5, 5.41) is 4.32. The van der Waals surface area contributed by atoms with Gasteiger partial charge in [0, 0.05) is 44.1 Å². The van der Waals surface area contributed by atoms with E-state index in [4.69, 9.17) is 14.2 Å². The third-order valence-corrected chi connectivity index (χ3v) is 6.30. The largest absolute Gasteiger partial charge is 0.381 e. The lowest BCUT2D eigenvalue weighted by Gasteiger charge is -2.38. The van der Waals surface area contributed by atoms with E-state index in [-0.39, 0.29) is 11.3 Å². The molecule has 2 aliphatic heterocycles. The Morgan fingerprint density at radius 1 is 1.24 bits per heavy atom. The number of nitrogens with zero attached hydrogens (tertiary/aromatic N) is 3. The summed E-state index contributed by atoms with van der Waals surface area (Å²) in [7, 11) is 0. The smallest absolute Gasteiger partial charge is 0.229 e. The molecule has 0 aliphatic carbocycles. The van der Waals surface area contributed by atoms with Crippen molar-refractivity contribution in [1.29, 1.82) is 0 Å². The van der Waals surface area contributed by atoms with Gasteiger partial charge in [0.1, 0.15) is 0 Å². The quantitative estimate of drug-likeness (QED) is 0.740. The third kappa shape index (κ3) is 4.86. The number of rotatable bonds is 6. The zero-order valence-corrected chi connectivity index (χ0v) is 17.3. The topological polar surface area (TPSA) is 68.5 Å². The molecule has 1 aromatic heterocycles. The number of ether oxygens (including phenoxy) is 1. The Labute approximate surface area is 172 Å². The third-order valence-electron chi connectivity index (χ3n) is 6.30. The molecule has 29 heavy (non-hydrogen) atoms. The monoisotopic (exact) mass is 397 g/mol. The number of hydrogen-bond donors (Lipinski definition) is 0. The SMILES string of the molecule is CC1(c2noc(C3CCOCC3)n2)CCCN(C(=O)CCCc2ccccc2)C1. The number of carbonyl (C=O) groups is 1. The maximum absolute atomic E-state index is 12.8. The molecule has 1 unspecified atom stereocenters. The molecule has 1 atom stereocenters. The first kappa shape index (κ1) is 20.1. The van der Waals surface area contributed by atoms with Gasteiger partial charge in [-0.15, -0.1) is 0 Å². The van der Waals surface area contributed by atoms with Crippen molar-refractivity contribution in [2.75, 3.05) is 26.3 Å². The van der Waals surface area contributed by atoms with Gasteiger partial charge in [-0.25, -0.2) is 0 Å². The van der Waals surface area contributed by atoms with E-state index in [1.54, 1.807) is 0 Å². The summed E-state index contributed by atoms with van der Waals surface area (Å²) < 4.78 is 11.0. The number of amides is 1. The van der Waals surface area contributed by atoms with E-state index in [9.17, 15) is 4.79 Å². The van der Waals surface area contributed by atoms with Crippen LogP contribution in [0.1, 0.15) is 68.6 Å². The van der Waals surface area contributed by atoms with E-state index in [1.807, 2.05) is 23.1 Å². The predicted molar refractivity (Wildman–Crippen MR) is 110 cm³/mol. The van der Waals surface area contributed by atoms with E-state index >= 15 is 0 Å². The molecule has 1 aromatic carbocycles. The zero-order chi connectivity index (χ0) is 20.1. The van der Waals surface area contributed by atoms with E-state index in [0.717, 1.165) is 70.0 Å². The fourth-order valence-corrected chi connectivity index (χ4v) is 4.47. The molecule has 6 nitrogen and oxygen atoms in total. The summed E-state index contributed by atoms with van der Waals surface area (Å²) in [5.41, 5.74) is 1.05. The molecule has 6 heteroatoms. The van der Waals surface area contributed by atoms with Crippen molar-refractivity contribution >= 4 is 5.91 Å². The van der Waals surface area contributed by atoms with Crippen LogP contribution in [0.5, 0.6) is 0 Å². The van der Waals surface area contributed by atoms with Gasteiger partial charge in [0.15, 0.2) is 5.82 Å². The maximum atomic E-state index is 12.8. The molecule has 2 fully saturated rings. The number of hydrogen-bond acceptors (Lipinski definition) is 5. The van der Waals surface area contributed by atoms with Gasteiger partial charge < -0.3 is 14.2 Å². The lowest BCUT2D eigenvalue weighted by molar-refractivity contribution is -0.133. The van der Waals surface area contributed by atoms with Gasteiger partial charge in [0.2, 0.25) is 11.8 Å². The molecule has 2 aliphatic rings. The molecule has 0 N–H and O–H groups in total. The summed E-state index contributed by atoms with van der Waals surface area (Å²) in [5.74, 6) is 2.02. The molecule has 0 bridgehead atoms. The van der Waals surface area contributed by atoms with Gasteiger partial charge in [0.05, 0.1) is 0 Å². The Hall–Kier alpha value is -2.21. The van der Waals surface area contributed by atoms with Crippen LogP contribution in [0.15, 0.2) is 34.9 Å². The second kappa shape index (κ2) is 9.08. The van der Waals surface area contributed by atoms with Gasteiger partial charge in [0.25, 0.3) is 0 Å². The second-order valence-electron chi connectivity index (χ2n) is 8.66. The normalized spacial score (nSPS) is 23.3. The molecule has 0 radical (unpaired) electrons. The second-order valence-corrected chi connectivity index (χ2v) is 8.66. The Kier molecular flexibility index (Phi) is 6.28. The molecule has 156 valence electrons. The minimum absolute atomic E-state index is 0.236. The van der Waals surface area contributed by atoms with Gasteiger partial charge in [-0.05, 0) is 44.1 Å². The highest BCUT2D eigenvalue weighted by molar-refractivity contribution is 5.76. The van der Waals surface area contributed by atoms with Crippen molar-refractivity contribution in [3.63, 3.8) is 0 Å². The lowest BCUT2D eigenvalue weighted by Crippen LogP contribution is -2.47. The van der Waals surface area contributed by atoms with Crippen molar-refractivity contribution in [1.82, 2.24) is 15.0 Å². The summed E-state index contributed by atoms with van der Waals surface area (Å²) in [6.45, 7) is 5.17. The molecule has 0 saturated carbocycles. The Balaban J connectivity index is 1.34. The van der Waals surface area contributed by atoms with Gasteiger partial charge in [-0.1, -0.05) is 42.4 Å². The Bertz CT molecular complexity index is 801. The number of likely N-dealkylation sites (tertiary alicyclic amines) is 1. The summed E-state index contributed by atoms with van der Waals surface area (Å²) >= 11 is 0. The zero-order valence-electron chi connectivity index (χ0n) is 17.3. The first-order valence-electron chi connectivity index (χ1n) is 10.9. The average Bonchev–Trinajstić information content (AvgIpc) is 3.26. The van der Waals surface area contributed by atoms with Crippen LogP contribution in [0, 0.1) is 0 Å². The first-order valence-corrected chi connectivity index (χ1v) is 10.9. The highest BCUT2D eigenvalue weighted by Crippen LogP contribution is 2.34. The van der Waals surface area contributed by atoms with Crippen molar-refractivity contribution in [3.05, 3.63) is 47.6 Å². The van der Waals surface area contributed by atoms with Crippen LogP contribution in [-0.2, 0) is 21.4 Å². The standard InChI is InChI=1S/C23H31N3O3/c1-23(22-24-21(29-25-22)19-11-15-28-16-12-19)13-6-14-26(17-23)20(27)10-5-9-18-7-3-2-4-8-18/h2-4,7-8,19H,5-6,9-17H2,1H3. The maximum Gasteiger partial charge on any atom is 0.229 e. The van der Waals surface area contributed by atoms with Crippen LogP contribution < -0.4 is 0 Å². The van der Waals surface area contributed by atoms with Gasteiger partial charge in [-0.3, -0.25) is 4.79 Å². The molecule has 0 spiro atoms. The predicted octanol–water partition coefficient (Wildman–Crippen LogP) is 3.87. The molecular weight excluding hydrogens is 366 g/mol. The van der Waals surface area contributed by atoms with Crippen LogP contribution in [0.25, 0.3) is 0 Å². The number of benzene rings is 1. The summed E-state index contributed by atoms with van der Waals surface area (Å²) in [4.78, 5) is 19.6. The number of piperidine rings is 1. The molecule has 3 heterocycles. The fourth-order valence-electron chi connectivity index (χ4n) is 4.47. The van der Waals surface area contributed by atoms with Gasteiger partial charge in [-0.2, -0.15) is 4.98 Å². The van der Waals surface area contributed by atoms with E-state index in [0.29, 0.717) is 18.9 Å². The highest BCUT2D eigenvalue weighted by Gasteiger charge is 2.39. The van der Waals surface area contributed by atoms with Crippen molar-refractivity contribution in [2.45, 2.75) is 63.2 Å².